The van der Waals surface area contributed by atoms with Crippen molar-refractivity contribution in [1.82, 2.24) is 4.90 Å². The Morgan fingerprint density at radius 3 is 2.43 bits per heavy atom. The van der Waals surface area contributed by atoms with E-state index in [9.17, 15) is 4.79 Å². The molecule has 1 saturated heterocycles. The van der Waals surface area contributed by atoms with Crippen molar-refractivity contribution < 1.29 is 4.79 Å². The Kier molecular flexibility index (Phi) is 2.30. The van der Waals surface area contributed by atoms with Gasteiger partial charge in [0.25, 0.3) is 0 Å². The molecule has 80 valence electrons. The molecule has 1 unspecified atom stereocenters. The third-order valence-electron chi connectivity index (χ3n) is 3.95. The largest absolute Gasteiger partial charge is 0.336 e. The summed E-state index contributed by atoms with van der Waals surface area (Å²) in [7, 11) is 0. The molecule has 1 amide bonds. The molecule has 1 atom stereocenters. The van der Waals surface area contributed by atoms with E-state index in [4.69, 9.17) is 5.73 Å². The van der Waals surface area contributed by atoms with Gasteiger partial charge in [-0.15, -0.1) is 0 Å². The van der Waals surface area contributed by atoms with Crippen LogP contribution in [0.15, 0.2) is 0 Å². The first kappa shape index (κ1) is 9.97. The van der Waals surface area contributed by atoms with Crippen LogP contribution in [-0.2, 0) is 4.79 Å². The standard InChI is InChI=1S/C11H20N2O/c1-11(2,8-4-3-5-8)13-7-9(12)6-10(13)14/h8-9H,3-7,12H2,1-2H3. The molecular formula is C11H20N2O. The molecule has 0 aromatic heterocycles. The second-order valence-electron chi connectivity index (χ2n) is 5.25. The lowest BCUT2D eigenvalue weighted by atomic mass is 9.72. The SMILES string of the molecule is CC(C)(C1CCC1)N1CC(N)CC1=O. The van der Waals surface area contributed by atoms with E-state index in [2.05, 4.69) is 13.8 Å². The summed E-state index contributed by atoms with van der Waals surface area (Å²) in [6, 6.07) is 0.0573. The van der Waals surface area contributed by atoms with Crippen molar-refractivity contribution in [3.8, 4) is 0 Å². The molecule has 1 heterocycles. The monoisotopic (exact) mass is 196 g/mol. The third kappa shape index (κ3) is 1.44. The van der Waals surface area contributed by atoms with Gasteiger partial charge in [0.15, 0.2) is 0 Å². The van der Waals surface area contributed by atoms with Gasteiger partial charge in [0.2, 0.25) is 5.91 Å². The van der Waals surface area contributed by atoms with Crippen LogP contribution in [0.2, 0.25) is 0 Å². The predicted molar refractivity (Wildman–Crippen MR) is 55.7 cm³/mol. The highest BCUT2D eigenvalue weighted by molar-refractivity contribution is 5.80. The second kappa shape index (κ2) is 3.23. The van der Waals surface area contributed by atoms with E-state index < -0.39 is 0 Å². The molecule has 0 spiro atoms. The molecule has 2 rings (SSSR count). The summed E-state index contributed by atoms with van der Waals surface area (Å²) >= 11 is 0. The average Bonchev–Trinajstić information content (AvgIpc) is 2.25. The fourth-order valence-corrected chi connectivity index (χ4v) is 2.63. The Hall–Kier alpha value is -0.570. The highest BCUT2D eigenvalue weighted by Gasteiger charge is 2.44. The highest BCUT2D eigenvalue weighted by Crippen LogP contribution is 2.40. The van der Waals surface area contributed by atoms with E-state index in [-0.39, 0.29) is 17.5 Å². The zero-order valence-corrected chi connectivity index (χ0v) is 9.12. The van der Waals surface area contributed by atoms with Gasteiger partial charge in [-0.3, -0.25) is 4.79 Å². The zero-order valence-electron chi connectivity index (χ0n) is 9.12. The van der Waals surface area contributed by atoms with Gasteiger partial charge >= 0.3 is 0 Å². The number of carbonyl (C=O) groups excluding carboxylic acids is 1. The normalized spacial score (nSPS) is 29.5. The molecule has 3 nitrogen and oxygen atoms in total. The Morgan fingerprint density at radius 2 is 2.07 bits per heavy atom. The molecule has 1 saturated carbocycles. The van der Waals surface area contributed by atoms with Gasteiger partial charge in [0, 0.05) is 24.5 Å². The maximum absolute atomic E-state index is 11.7. The van der Waals surface area contributed by atoms with E-state index in [0.717, 1.165) is 6.54 Å². The van der Waals surface area contributed by atoms with Crippen LogP contribution >= 0.6 is 0 Å². The van der Waals surface area contributed by atoms with Gasteiger partial charge in [0.05, 0.1) is 0 Å². The van der Waals surface area contributed by atoms with Gasteiger partial charge in [-0.05, 0) is 32.6 Å². The molecule has 0 aromatic carbocycles. The molecule has 1 aliphatic carbocycles. The topological polar surface area (TPSA) is 46.3 Å². The van der Waals surface area contributed by atoms with Crippen molar-refractivity contribution in [2.45, 2.75) is 51.1 Å². The molecule has 2 N–H and O–H groups in total. The summed E-state index contributed by atoms with van der Waals surface area (Å²) in [5, 5.41) is 0. The fourth-order valence-electron chi connectivity index (χ4n) is 2.63. The first-order valence-corrected chi connectivity index (χ1v) is 5.58. The van der Waals surface area contributed by atoms with E-state index in [1.165, 1.54) is 19.3 Å². The van der Waals surface area contributed by atoms with Crippen LogP contribution in [0.1, 0.15) is 39.5 Å². The van der Waals surface area contributed by atoms with Crippen molar-refractivity contribution in [2.24, 2.45) is 11.7 Å². The van der Waals surface area contributed by atoms with Crippen molar-refractivity contribution in [3.63, 3.8) is 0 Å². The summed E-state index contributed by atoms with van der Waals surface area (Å²) in [6.45, 7) is 5.13. The number of rotatable bonds is 2. The Bertz CT molecular complexity index is 246. The van der Waals surface area contributed by atoms with E-state index >= 15 is 0 Å². The molecule has 0 aromatic rings. The van der Waals surface area contributed by atoms with Crippen molar-refractivity contribution in [3.05, 3.63) is 0 Å². The molecule has 1 aliphatic heterocycles. The van der Waals surface area contributed by atoms with Crippen LogP contribution in [0.3, 0.4) is 0 Å². The molecule has 2 fully saturated rings. The minimum absolute atomic E-state index is 0.0312. The van der Waals surface area contributed by atoms with Crippen molar-refractivity contribution >= 4 is 5.91 Å². The van der Waals surface area contributed by atoms with Crippen LogP contribution in [0.5, 0.6) is 0 Å². The molecule has 0 bridgehead atoms. The van der Waals surface area contributed by atoms with Crippen molar-refractivity contribution in [1.29, 1.82) is 0 Å². The summed E-state index contributed by atoms with van der Waals surface area (Å²) < 4.78 is 0. The van der Waals surface area contributed by atoms with Gasteiger partial charge in [-0.2, -0.15) is 0 Å². The van der Waals surface area contributed by atoms with Crippen molar-refractivity contribution in [2.75, 3.05) is 6.54 Å². The lowest BCUT2D eigenvalue weighted by Crippen LogP contribution is -2.52. The lowest BCUT2D eigenvalue weighted by molar-refractivity contribution is -0.135. The fraction of sp³-hybridized carbons (Fsp3) is 0.909. The molecule has 14 heavy (non-hydrogen) atoms. The Labute approximate surface area is 85.6 Å². The van der Waals surface area contributed by atoms with Gasteiger partial charge in [-0.1, -0.05) is 6.42 Å². The quantitative estimate of drug-likeness (QED) is 0.719. The van der Waals surface area contributed by atoms with Gasteiger partial charge < -0.3 is 10.6 Å². The Morgan fingerprint density at radius 1 is 1.43 bits per heavy atom. The van der Waals surface area contributed by atoms with E-state index in [1.807, 2.05) is 4.90 Å². The molecule has 2 aliphatic rings. The minimum Gasteiger partial charge on any atom is -0.336 e. The summed E-state index contributed by atoms with van der Waals surface area (Å²) in [5.74, 6) is 0.936. The second-order valence-corrected chi connectivity index (χ2v) is 5.25. The molecular weight excluding hydrogens is 176 g/mol. The van der Waals surface area contributed by atoms with Gasteiger partial charge in [-0.25, -0.2) is 0 Å². The van der Waals surface area contributed by atoms with Gasteiger partial charge in [0.1, 0.15) is 0 Å². The van der Waals surface area contributed by atoms with Crippen LogP contribution in [0, 0.1) is 5.92 Å². The van der Waals surface area contributed by atoms with Crippen LogP contribution in [0.25, 0.3) is 0 Å². The Balaban J connectivity index is 2.09. The maximum atomic E-state index is 11.7. The smallest absolute Gasteiger partial charge is 0.224 e. The number of hydrogen-bond donors (Lipinski definition) is 1. The van der Waals surface area contributed by atoms with E-state index in [1.54, 1.807) is 0 Å². The summed E-state index contributed by atoms with van der Waals surface area (Å²) in [6.07, 6.45) is 4.40. The first-order valence-electron chi connectivity index (χ1n) is 5.58. The predicted octanol–water partition coefficient (Wildman–Crippen LogP) is 1.12. The average molecular weight is 196 g/mol. The number of nitrogens with zero attached hydrogens (tertiary/aromatic N) is 1. The highest BCUT2D eigenvalue weighted by atomic mass is 16.2. The maximum Gasteiger partial charge on any atom is 0.224 e. The lowest BCUT2D eigenvalue weighted by Gasteiger charge is -2.46. The summed E-state index contributed by atoms with van der Waals surface area (Å²) in [4.78, 5) is 13.7. The third-order valence-corrected chi connectivity index (χ3v) is 3.95. The number of carbonyl (C=O) groups is 1. The summed E-state index contributed by atoms with van der Waals surface area (Å²) in [5.41, 5.74) is 5.84. The number of nitrogens with two attached hydrogens (primary N) is 1. The molecule has 0 radical (unpaired) electrons. The van der Waals surface area contributed by atoms with E-state index in [0.29, 0.717) is 12.3 Å². The van der Waals surface area contributed by atoms with Crippen LogP contribution in [-0.4, -0.2) is 28.9 Å². The number of amides is 1. The minimum atomic E-state index is 0.0312. The number of likely N-dealkylation sites (tertiary alicyclic amines) is 1. The van der Waals surface area contributed by atoms with Crippen LogP contribution < -0.4 is 5.73 Å². The van der Waals surface area contributed by atoms with Crippen LogP contribution in [0.4, 0.5) is 0 Å². The number of hydrogen-bond acceptors (Lipinski definition) is 2. The zero-order chi connectivity index (χ0) is 10.3. The molecule has 3 heteroatoms. The first-order chi connectivity index (χ1) is 6.51.